The number of benzene rings is 1. The highest BCUT2D eigenvalue weighted by Crippen LogP contribution is 2.21. The molecule has 1 amide bonds. The smallest absolute Gasteiger partial charge is 0.266 e. The number of carbonyl (C=O) groups is 1. The van der Waals surface area contributed by atoms with Crippen LogP contribution in [0.2, 0.25) is 0 Å². The van der Waals surface area contributed by atoms with Crippen molar-refractivity contribution >= 4 is 28.3 Å². The van der Waals surface area contributed by atoms with E-state index in [1.54, 1.807) is 23.7 Å². The van der Waals surface area contributed by atoms with E-state index >= 15 is 0 Å². The highest BCUT2D eigenvalue weighted by molar-refractivity contribution is 7.13. The van der Waals surface area contributed by atoms with Crippen molar-refractivity contribution in [3.05, 3.63) is 70.6 Å². The number of hydrogen-bond acceptors (Lipinski definition) is 5. The lowest BCUT2D eigenvalue weighted by molar-refractivity contribution is -0.122. The maximum Gasteiger partial charge on any atom is 0.266 e. The van der Waals surface area contributed by atoms with E-state index < -0.39 is 0 Å². The first kappa shape index (κ1) is 20.0. The maximum atomic E-state index is 12.5. The number of aromatic nitrogens is 4. The average molecular weight is 422 g/mol. The highest BCUT2D eigenvalue weighted by Gasteiger charge is 2.14. The fraction of sp³-hybridized carbons (Fsp3) is 0.273. The predicted molar refractivity (Wildman–Crippen MR) is 118 cm³/mol. The van der Waals surface area contributed by atoms with E-state index in [9.17, 15) is 9.59 Å². The minimum absolute atomic E-state index is 0.0536. The molecule has 1 atom stereocenters. The molecule has 8 heteroatoms. The van der Waals surface area contributed by atoms with E-state index in [-0.39, 0.29) is 17.5 Å². The second-order valence-electron chi connectivity index (χ2n) is 7.07. The first-order chi connectivity index (χ1) is 14.6. The van der Waals surface area contributed by atoms with E-state index in [0.29, 0.717) is 25.9 Å². The van der Waals surface area contributed by atoms with Gasteiger partial charge in [-0.25, -0.2) is 9.67 Å². The molecule has 7 nitrogen and oxygen atoms in total. The van der Waals surface area contributed by atoms with E-state index in [1.165, 1.54) is 10.7 Å². The fourth-order valence-corrected chi connectivity index (χ4v) is 4.02. The van der Waals surface area contributed by atoms with Gasteiger partial charge in [0.1, 0.15) is 5.69 Å². The number of nitrogens with zero attached hydrogens (tertiary/aromatic N) is 4. The zero-order valence-corrected chi connectivity index (χ0v) is 17.5. The molecule has 3 aromatic heterocycles. The fourth-order valence-electron chi connectivity index (χ4n) is 3.33. The number of imidazole rings is 1. The average Bonchev–Trinajstić information content (AvgIpc) is 3.43. The molecule has 1 N–H and O–H groups in total. The molecule has 0 unspecified atom stereocenters. The first-order valence-corrected chi connectivity index (χ1v) is 10.8. The largest absolute Gasteiger partial charge is 0.351 e. The Morgan fingerprint density at radius 2 is 2.03 bits per heavy atom. The molecule has 0 spiro atoms. The van der Waals surface area contributed by atoms with Crippen molar-refractivity contribution in [1.29, 1.82) is 0 Å². The van der Waals surface area contributed by atoms with Crippen molar-refractivity contribution in [1.82, 2.24) is 24.6 Å². The Bertz CT molecular complexity index is 1200. The Hall–Kier alpha value is -3.26. The minimum atomic E-state index is -0.173. The third kappa shape index (κ3) is 4.49. The summed E-state index contributed by atoms with van der Waals surface area (Å²) in [4.78, 5) is 30.1. The van der Waals surface area contributed by atoms with Crippen LogP contribution in [0.25, 0.3) is 21.6 Å². The summed E-state index contributed by atoms with van der Waals surface area (Å²) < 4.78 is 3.42. The number of fused-ring (bicyclic) bond motifs is 1. The number of aryl methyl sites for hydroxylation is 1. The molecule has 1 aromatic carbocycles. The van der Waals surface area contributed by atoms with Crippen LogP contribution in [0.3, 0.4) is 0 Å². The number of rotatable bonds is 8. The zero-order chi connectivity index (χ0) is 20.9. The number of amides is 1. The summed E-state index contributed by atoms with van der Waals surface area (Å²) >= 11 is 1.58. The van der Waals surface area contributed by atoms with E-state index in [1.807, 2.05) is 53.3 Å². The summed E-state index contributed by atoms with van der Waals surface area (Å²) in [6.45, 7) is 2.88. The van der Waals surface area contributed by atoms with Gasteiger partial charge in [-0.15, -0.1) is 11.3 Å². The van der Waals surface area contributed by atoms with Crippen molar-refractivity contribution in [3.63, 3.8) is 0 Å². The van der Waals surface area contributed by atoms with Gasteiger partial charge in [0.05, 0.1) is 28.8 Å². The van der Waals surface area contributed by atoms with Crippen LogP contribution in [0.5, 0.6) is 0 Å². The third-order valence-corrected chi connectivity index (χ3v) is 5.89. The van der Waals surface area contributed by atoms with Crippen molar-refractivity contribution in [2.24, 2.45) is 0 Å². The van der Waals surface area contributed by atoms with Gasteiger partial charge in [-0.05, 0) is 36.1 Å². The molecule has 0 saturated carbocycles. The molecule has 0 fully saturated rings. The van der Waals surface area contributed by atoms with Crippen LogP contribution in [0.1, 0.15) is 19.8 Å². The Balaban J connectivity index is 1.39. The highest BCUT2D eigenvalue weighted by atomic mass is 32.1. The number of thiophene rings is 1. The van der Waals surface area contributed by atoms with Crippen molar-refractivity contribution < 1.29 is 4.79 Å². The summed E-state index contributed by atoms with van der Waals surface area (Å²) in [5.41, 5.74) is 2.52. The molecule has 0 aliphatic rings. The molecule has 30 heavy (non-hydrogen) atoms. The summed E-state index contributed by atoms with van der Waals surface area (Å²) in [5.74, 6) is -0.0536. The molecule has 0 bridgehead atoms. The molecule has 0 saturated heterocycles. The molecule has 154 valence electrons. The van der Waals surface area contributed by atoms with Gasteiger partial charge in [-0.1, -0.05) is 25.1 Å². The topological polar surface area (TPSA) is 81.8 Å². The molecule has 4 rings (SSSR count). The van der Waals surface area contributed by atoms with Gasteiger partial charge in [-0.3, -0.25) is 9.59 Å². The molecular weight excluding hydrogens is 398 g/mol. The van der Waals surface area contributed by atoms with Crippen LogP contribution < -0.4 is 10.9 Å². The lowest BCUT2D eigenvalue weighted by Crippen LogP contribution is -2.40. The predicted octanol–water partition coefficient (Wildman–Crippen LogP) is 3.31. The zero-order valence-electron chi connectivity index (χ0n) is 16.7. The lowest BCUT2D eigenvalue weighted by atomic mass is 10.2. The quantitative estimate of drug-likeness (QED) is 0.473. The van der Waals surface area contributed by atoms with Gasteiger partial charge in [0.2, 0.25) is 5.91 Å². The summed E-state index contributed by atoms with van der Waals surface area (Å²) in [5, 5.41) is 9.50. The van der Waals surface area contributed by atoms with Gasteiger partial charge in [0.25, 0.3) is 5.56 Å². The molecule has 4 aromatic rings. The summed E-state index contributed by atoms with van der Waals surface area (Å²) in [7, 11) is 0. The van der Waals surface area contributed by atoms with Crippen molar-refractivity contribution in [3.8, 4) is 10.6 Å². The monoisotopic (exact) mass is 421 g/mol. The van der Waals surface area contributed by atoms with Gasteiger partial charge >= 0.3 is 0 Å². The first-order valence-electron chi connectivity index (χ1n) is 9.95. The SMILES string of the molecule is CC[C@@H](Cn1nc(-c2cccs2)ccc1=O)NC(=O)CCn1cnc2ccccc21. The molecule has 0 aliphatic heterocycles. The van der Waals surface area contributed by atoms with Crippen LogP contribution in [0, 0.1) is 0 Å². The molecule has 3 heterocycles. The van der Waals surface area contributed by atoms with Gasteiger partial charge in [0.15, 0.2) is 0 Å². The maximum absolute atomic E-state index is 12.5. The van der Waals surface area contributed by atoms with Crippen molar-refractivity contribution in [2.45, 2.75) is 38.9 Å². The standard InChI is InChI=1S/C22H23N5O2S/c1-2-16(14-27-22(29)10-9-18(25-27)20-8-5-13-30-20)24-21(28)11-12-26-15-23-17-6-3-4-7-19(17)26/h3-10,13,15-16H,2,11-12,14H2,1H3,(H,24,28)/t16-/m0/s1. The van der Waals surface area contributed by atoms with Crippen molar-refractivity contribution in [2.75, 3.05) is 0 Å². The van der Waals surface area contributed by atoms with Crippen LogP contribution in [0.15, 0.2) is 65.0 Å². The van der Waals surface area contributed by atoms with Crippen LogP contribution >= 0.6 is 11.3 Å². The number of hydrogen-bond donors (Lipinski definition) is 1. The molecular formula is C22H23N5O2S. The van der Waals surface area contributed by atoms with Gasteiger partial charge in [-0.2, -0.15) is 5.10 Å². The molecule has 0 aliphatic carbocycles. The van der Waals surface area contributed by atoms with Crippen LogP contribution in [0.4, 0.5) is 0 Å². The number of nitrogens with one attached hydrogen (secondary N) is 1. The Labute approximate surface area is 178 Å². The van der Waals surface area contributed by atoms with E-state index in [4.69, 9.17) is 0 Å². The van der Waals surface area contributed by atoms with Gasteiger partial charge in [0, 0.05) is 25.1 Å². The Morgan fingerprint density at radius 3 is 2.83 bits per heavy atom. The second kappa shape index (κ2) is 9.04. The second-order valence-corrected chi connectivity index (χ2v) is 8.01. The van der Waals surface area contributed by atoms with Crippen LogP contribution in [-0.2, 0) is 17.9 Å². The Morgan fingerprint density at radius 1 is 1.17 bits per heavy atom. The normalized spacial score (nSPS) is 12.2. The van der Waals surface area contributed by atoms with E-state index in [2.05, 4.69) is 15.4 Å². The molecule has 0 radical (unpaired) electrons. The number of para-hydroxylation sites is 2. The lowest BCUT2D eigenvalue weighted by Gasteiger charge is -2.18. The minimum Gasteiger partial charge on any atom is -0.351 e. The number of carbonyl (C=O) groups excluding carboxylic acids is 1. The van der Waals surface area contributed by atoms with Crippen LogP contribution in [-0.4, -0.2) is 31.3 Å². The van der Waals surface area contributed by atoms with Gasteiger partial charge < -0.3 is 9.88 Å². The summed E-state index contributed by atoms with van der Waals surface area (Å²) in [6, 6.07) is 14.9. The third-order valence-electron chi connectivity index (χ3n) is 5.00. The van der Waals surface area contributed by atoms with E-state index in [0.717, 1.165) is 21.6 Å². The summed E-state index contributed by atoms with van der Waals surface area (Å²) in [6.07, 6.45) is 2.81. The Kier molecular flexibility index (Phi) is 6.04.